The zero-order chi connectivity index (χ0) is 24.9. The van der Waals surface area contributed by atoms with E-state index in [9.17, 15) is 31.4 Å². The first-order valence-corrected chi connectivity index (χ1v) is 10.2. The SMILES string of the molecule is CCc1cnc(N(CCc2ccc(O)c(C(F)(F)F)c2)Cc2ccc(OC(F)(F)F)cc2)nc1. The molecule has 0 amide bonds. The van der Waals surface area contributed by atoms with E-state index in [0.29, 0.717) is 23.5 Å². The molecule has 0 fully saturated rings. The van der Waals surface area contributed by atoms with Crippen LogP contribution in [0.5, 0.6) is 11.5 Å². The second-order valence-electron chi connectivity index (χ2n) is 7.46. The van der Waals surface area contributed by atoms with Gasteiger partial charge in [-0.1, -0.05) is 25.1 Å². The Morgan fingerprint density at radius 2 is 1.50 bits per heavy atom. The minimum Gasteiger partial charge on any atom is -0.507 e. The zero-order valence-corrected chi connectivity index (χ0v) is 18.0. The van der Waals surface area contributed by atoms with E-state index in [4.69, 9.17) is 0 Å². The summed E-state index contributed by atoms with van der Waals surface area (Å²) in [5.74, 6) is -0.898. The van der Waals surface area contributed by atoms with Gasteiger partial charge in [0.1, 0.15) is 11.5 Å². The van der Waals surface area contributed by atoms with Crippen LogP contribution in [0.25, 0.3) is 0 Å². The third-order valence-electron chi connectivity index (χ3n) is 4.95. The maximum Gasteiger partial charge on any atom is 0.573 e. The molecule has 11 heteroatoms. The molecule has 0 bridgehead atoms. The van der Waals surface area contributed by atoms with Crippen LogP contribution < -0.4 is 9.64 Å². The van der Waals surface area contributed by atoms with Gasteiger partial charge in [0.15, 0.2) is 0 Å². The molecule has 2 aromatic carbocycles. The summed E-state index contributed by atoms with van der Waals surface area (Å²) >= 11 is 0. The van der Waals surface area contributed by atoms with E-state index in [-0.39, 0.29) is 25.3 Å². The molecule has 0 saturated carbocycles. The van der Waals surface area contributed by atoms with Crippen molar-refractivity contribution in [3.05, 3.63) is 77.1 Å². The summed E-state index contributed by atoms with van der Waals surface area (Å²) < 4.78 is 80.4. The molecule has 1 N–H and O–H groups in total. The number of phenolic OH excluding ortho intramolecular Hbond substituents is 1. The normalized spacial score (nSPS) is 12.0. The highest BCUT2D eigenvalue weighted by atomic mass is 19.4. The van der Waals surface area contributed by atoms with Crippen LogP contribution in [0, 0.1) is 0 Å². The largest absolute Gasteiger partial charge is 0.573 e. The fraction of sp³-hybridized carbons (Fsp3) is 0.304. The molecule has 1 heterocycles. The second-order valence-corrected chi connectivity index (χ2v) is 7.46. The van der Waals surface area contributed by atoms with Crippen molar-refractivity contribution in [1.82, 2.24) is 9.97 Å². The standard InChI is InChI=1S/C23H21F6N3O2/c1-2-15-12-30-21(31-13-15)32(14-17-3-6-18(7-4-17)34-23(27,28)29)10-9-16-5-8-20(33)19(11-16)22(24,25)26/h3-8,11-13,33H,2,9-10,14H2,1H3. The highest BCUT2D eigenvalue weighted by molar-refractivity contribution is 5.40. The van der Waals surface area contributed by atoms with Gasteiger partial charge in [0, 0.05) is 25.5 Å². The van der Waals surface area contributed by atoms with Crippen molar-refractivity contribution in [2.24, 2.45) is 0 Å². The Balaban J connectivity index is 1.80. The Labute approximate surface area is 191 Å². The summed E-state index contributed by atoms with van der Waals surface area (Å²) in [5, 5.41) is 9.53. The molecule has 0 radical (unpaired) electrons. The van der Waals surface area contributed by atoms with Gasteiger partial charge in [-0.2, -0.15) is 13.2 Å². The molecule has 3 rings (SSSR count). The summed E-state index contributed by atoms with van der Waals surface area (Å²) in [6, 6.07) is 8.54. The Hall–Kier alpha value is -3.50. The molecule has 5 nitrogen and oxygen atoms in total. The van der Waals surface area contributed by atoms with Crippen LogP contribution in [0.1, 0.15) is 29.2 Å². The van der Waals surface area contributed by atoms with E-state index >= 15 is 0 Å². The maximum atomic E-state index is 13.1. The summed E-state index contributed by atoms with van der Waals surface area (Å²) in [7, 11) is 0. The lowest BCUT2D eigenvalue weighted by molar-refractivity contribution is -0.274. The fourth-order valence-corrected chi connectivity index (χ4v) is 3.19. The number of ether oxygens (including phenoxy) is 1. The summed E-state index contributed by atoms with van der Waals surface area (Å²) in [4.78, 5) is 10.3. The molecular weight excluding hydrogens is 464 g/mol. The second kappa shape index (κ2) is 10.2. The molecule has 1 aromatic heterocycles. The van der Waals surface area contributed by atoms with Gasteiger partial charge in [-0.05, 0) is 53.8 Å². The van der Waals surface area contributed by atoms with Crippen molar-refractivity contribution in [3.63, 3.8) is 0 Å². The van der Waals surface area contributed by atoms with Crippen LogP contribution >= 0.6 is 0 Å². The van der Waals surface area contributed by atoms with E-state index in [1.807, 2.05) is 6.92 Å². The predicted octanol–water partition coefficient (Wildman–Crippen LogP) is 5.91. The number of aromatic nitrogens is 2. The number of halogens is 6. The van der Waals surface area contributed by atoms with Crippen LogP contribution in [0.2, 0.25) is 0 Å². The predicted molar refractivity (Wildman–Crippen MR) is 112 cm³/mol. The first kappa shape index (κ1) is 25.1. The van der Waals surface area contributed by atoms with Crippen LogP contribution in [0.3, 0.4) is 0 Å². The maximum absolute atomic E-state index is 13.1. The van der Waals surface area contributed by atoms with Gasteiger partial charge in [0.25, 0.3) is 0 Å². The van der Waals surface area contributed by atoms with E-state index in [1.54, 1.807) is 17.3 Å². The number of phenols is 1. The number of alkyl halides is 6. The molecular formula is C23H21F6N3O2. The Kier molecular flexibility index (Phi) is 7.53. The highest BCUT2D eigenvalue weighted by Crippen LogP contribution is 2.36. The third kappa shape index (κ3) is 7.00. The molecule has 0 aliphatic rings. The molecule has 3 aromatic rings. The van der Waals surface area contributed by atoms with Gasteiger partial charge in [-0.3, -0.25) is 0 Å². The lowest BCUT2D eigenvalue weighted by Crippen LogP contribution is -2.27. The number of aryl methyl sites for hydroxylation is 1. The first-order chi connectivity index (χ1) is 15.9. The summed E-state index contributed by atoms with van der Waals surface area (Å²) in [6.07, 6.45) is -5.33. The number of aromatic hydroxyl groups is 1. The van der Waals surface area contributed by atoms with E-state index in [0.717, 1.165) is 17.7 Å². The van der Waals surface area contributed by atoms with Crippen molar-refractivity contribution in [2.75, 3.05) is 11.4 Å². The van der Waals surface area contributed by atoms with E-state index in [2.05, 4.69) is 14.7 Å². The molecule has 0 aliphatic heterocycles. The molecule has 34 heavy (non-hydrogen) atoms. The van der Waals surface area contributed by atoms with Crippen molar-refractivity contribution < 1.29 is 36.2 Å². The fourth-order valence-electron chi connectivity index (χ4n) is 3.19. The summed E-state index contributed by atoms with van der Waals surface area (Å²) in [5.41, 5.74) is 0.736. The van der Waals surface area contributed by atoms with Gasteiger partial charge >= 0.3 is 12.5 Å². The van der Waals surface area contributed by atoms with Crippen LogP contribution in [-0.2, 0) is 25.6 Å². The molecule has 0 spiro atoms. The number of nitrogens with zero attached hydrogens (tertiary/aromatic N) is 3. The van der Waals surface area contributed by atoms with Gasteiger partial charge in [-0.15, -0.1) is 13.2 Å². The Bertz CT molecular complexity index is 1080. The van der Waals surface area contributed by atoms with E-state index in [1.165, 1.54) is 30.3 Å². The molecule has 0 atom stereocenters. The first-order valence-electron chi connectivity index (χ1n) is 10.2. The van der Waals surface area contributed by atoms with Crippen molar-refractivity contribution >= 4 is 5.95 Å². The average molecular weight is 485 g/mol. The van der Waals surface area contributed by atoms with Crippen LogP contribution in [0.15, 0.2) is 54.9 Å². The zero-order valence-electron chi connectivity index (χ0n) is 18.0. The number of benzene rings is 2. The third-order valence-corrected chi connectivity index (χ3v) is 4.95. The number of hydrogen-bond acceptors (Lipinski definition) is 5. The van der Waals surface area contributed by atoms with Gasteiger partial charge in [-0.25, -0.2) is 9.97 Å². The molecule has 0 unspecified atom stereocenters. The monoisotopic (exact) mass is 485 g/mol. The lowest BCUT2D eigenvalue weighted by atomic mass is 10.1. The quantitative estimate of drug-likeness (QED) is 0.402. The molecule has 0 saturated heterocycles. The van der Waals surface area contributed by atoms with E-state index < -0.39 is 23.9 Å². The minimum absolute atomic E-state index is 0.178. The van der Waals surface area contributed by atoms with Crippen molar-refractivity contribution in [3.8, 4) is 11.5 Å². The number of rotatable bonds is 8. The van der Waals surface area contributed by atoms with Crippen LogP contribution in [0.4, 0.5) is 32.3 Å². The minimum atomic E-state index is -4.80. The van der Waals surface area contributed by atoms with Gasteiger partial charge < -0.3 is 14.7 Å². The highest BCUT2D eigenvalue weighted by Gasteiger charge is 2.34. The van der Waals surface area contributed by atoms with Gasteiger partial charge in [0.05, 0.1) is 5.56 Å². The summed E-state index contributed by atoms with van der Waals surface area (Å²) in [6.45, 7) is 2.35. The van der Waals surface area contributed by atoms with Crippen molar-refractivity contribution in [1.29, 1.82) is 0 Å². The van der Waals surface area contributed by atoms with Gasteiger partial charge in [0.2, 0.25) is 5.95 Å². The number of anilines is 1. The average Bonchev–Trinajstić information content (AvgIpc) is 2.77. The van der Waals surface area contributed by atoms with Crippen LogP contribution in [-0.4, -0.2) is 28.0 Å². The topological polar surface area (TPSA) is 58.5 Å². The lowest BCUT2D eigenvalue weighted by Gasteiger charge is -2.23. The molecule has 182 valence electrons. The Morgan fingerprint density at radius 1 is 0.882 bits per heavy atom. The van der Waals surface area contributed by atoms with Crippen molar-refractivity contribution in [2.45, 2.75) is 38.8 Å². The smallest absolute Gasteiger partial charge is 0.507 e. The molecule has 0 aliphatic carbocycles. The number of hydrogen-bond donors (Lipinski definition) is 1. The Morgan fingerprint density at radius 3 is 2.06 bits per heavy atom.